The van der Waals surface area contributed by atoms with Gasteiger partial charge in [-0.15, -0.1) is 0 Å². The summed E-state index contributed by atoms with van der Waals surface area (Å²) < 4.78 is 0. The summed E-state index contributed by atoms with van der Waals surface area (Å²) in [5, 5.41) is 0. The Bertz CT molecular complexity index is 170. The highest BCUT2D eigenvalue weighted by molar-refractivity contribution is 6.74. The van der Waals surface area contributed by atoms with E-state index in [4.69, 9.17) is 0 Å². The smallest absolute Gasteiger partial charge is 0.116 e. The maximum Gasteiger partial charge on any atom is 0.116 e. The minimum absolute atomic E-state index is 0.362. The Labute approximate surface area is 98.4 Å². The third-order valence-corrected chi connectivity index (χ3v) is 4.67. The zero-order valence-electron chi connectivity index (χ0n) is 11.9. The molecule has 0 bridgehead atoms. The van der Waals surface area contributed by atoms with Crippen LogP contribution >= 0.6 is 0 Å². The fourth-order valence-electron chi connectivity index (χ4n) is 1.07. The predicted octanol–water partition coefficient (Wildman–Crippen LogP) is 2.86. The van der Waals surface area contributed by atoms with Crippen LogP contribution in [0.4, 0.5) is 0 Å². The maximum absolute atomic E-state index is 3.71. The zero-order chi connectivity index (χ0) is 12.3. The minimum Gasteiger partial charge on any atom is -0.337 e. The van der Waals surface area contributed by atoms with Crippen molar-refractivity contribution in [3.05, 3.63) is 0 Å². The molecule has 0 heterocycles. The molecule has 4 heteroatoms. The van der Waals surface area contributed by atoms with Gasteiger partial charge in [-0.3, -0.25) is 0 Å². The first-order valence-corrected chi connectivity index (χ1v) is 12.9. The van der Waals surface area contributed by atoms with Gasteiger partial charge in [-0.05, 0) is 18.5 Å². The van der Waals surface area contributed by atoms with Crippen molar-refractivity contribution in [2.24, 2.45) is 5.41 Å². The molecular weight excluding hydrogens is 216 g/mol. The predicted molar refractivity (Wildman–Crippen MR) is 76.5 cm³/mol. The van der Waals surface area contributed by atoms with Gasteiger partial charge in [0, 0.05) is 0 Å². The summed E-state index contributed by atoms with van der Waals surface area (Å²) in [5.41, 5.74) is 0.362. The van der Waals surface area contributed by atoms with Gasteiger partial charge in [0.2, 0.25) is 0 Å². The van der Waals surface area contributed by atoms with Gasteiger partial charge in [-0.1, -0.05) is 53.1 Å². The van der Waals surface area contributed by atoms with Crippen molar-refractivity contribution in [2.45, 2.75) is 53.1 Å². The van der Waals surface area contributed by atoms with Gasteiger partial charge in [0.1, 0.15) is 16.5 Å². The fourth-order valence-corrected chi connectivity index (χ4v) is 3.09. The lowest BCUT2D eigenvalue weighted by atomic mass is 9.94. The van der Waals surface area contributed by atoms with Gasteiger partial charge in [0.15, 0.2) is 0 Å². The van der Waals surface area contributed by atoms with Crippen LogP contribution < -0.4 is 9.96 Å². The number of rotatable bonds is 6. The monoisotopic (exact) mass is 246 g/mol. The van der Waals surface area contributed by atoms with Crippen molar-refractivity contribution < 1.29 is 0 Å². The molecule has 0 saturated heterocycles. The Morgan fingerprint density at radius 3 is 1.20 bits per heavy atom. The summed E-state index contributed by atoms with van der Waals surface area (Å²) in [6, 6.07) is 0. The molecule has 0 fully saturated rings. The van der Waals surface area contributed by atoms with Crippen LogP contribution in [0.3, 0.4) is 0 Å². The molecule has 2 nitrogen and oxygen atoms in total. The summed E-state index contributed by atoms with van der Waals surface area (Å²) in [6.45, 7) is 21.1. The molecule has 0 rings (SSSR count). The third kappa shape index (κ3) is 10.6. The van der Waals surface area contributed by atoms with Gasteiger partial charge in [0.05, 0.1) is 0 Å². The molecule has 0 unspecified atom stereocenters. The van der Waals surface area contributed by atoms with E-state index in [0.29, 0.717) is 5.41 Å². The highest BCUT2D eigenvalue weighted by Gasteiger charge is 2.24. The van der Waals surface area contributed by atoms with Crippen LogP contribution in [0.2, 0.25) is 39.3 Å². The van der Waals surface area contributed by atoms with E-state index in [-0.39, 0.29) is 0 Å². The Morgan fingerprint density at radius 1 is 0.733 bits per heavy atom. The van der Waals surface area contributed by atoms with Gasteiger partial charge >= 0.3 is 0 Å². The fraction of sp³-hybridized carbons (Fsp3) is 1.00. The summed E-state index contributed by atoms with van der Waals surface area (Å²) >= 11 is 0. The molecule has 0 spiro atoms. The van der Waals surface area contributed by atoms with Crippen molar-refractivity contribution in [3.8, 4) is 0 Å². The molecule has 0 radical (unpaired) electrons. The van der Waals surface area contributed by atoms with E-state index in [1.165, 1.54) is 0 Å². The van der Waals surface area contributed by atoms with E-state index in [0.717, 1.165) is 13.1 Å². The van der Waals surface area contributed by atoms with Crippen LogP contribution in [0.5, 0.6) is 0 Å². The Hall–Kier alpha value is 0.354. The van der Waals surface area contributed by atoms with Crippen molar-refractivity contribution in [3.63, 3.8) is 0 Å². The molecule has 0 amide bonds. The molecule has 0 saturated carbocycles. The van der Waals surface area contributed by atoms with Crippen LogP contribution in [0, 0.1) is 5.41 Å². The second-order valence-electron chi connectivity index (χ2n) is 7.37. The lowest BCUT2D eigenvalue weighted by molar-refractivity contribution is 0.362. The van der Waals surface area contributed by atoms with E-state index in [9.17, 15) is 0 Å². The first kappa shape index (κ1) is 15.4. The van der Waals surface area contributed by atoms with E-state index in [1.54, 1.807) is 0 Å². The Morgan fingerprint density at radius 2 is 1.00 bits per heavy atom. The normalized spacial score (nSPS) is 14.4. The van der Waals surface area contributed by atoms with Crippen LogP contribution in [-0.2, 0) is 0 Å². The van der Waals surface area contributed by atoms with Crippen molar-refractivity contribution in [1.82, 2.24) is 9.96 Å². The molecule has 15 heavy (non-hydrogen) atoms. The summed E-state index contributed by atoms with van der Waals surface area (Å²) in [6.07, 6.45) is 0. The molecule has 2 N–H and O–H groups in total. The SMILES string of the molecule is CC(C)(CN[Si](C)(C)C)CN[Si](C)(C)C. The lowest BCUT2D eigenvalue weighted by Crippen LogP contribution is -2.52. The molecule has 0 aliphatic heterocycles. The lowest BCUT2D eigenvalue weighted by Gasteiger charge is -2.32. The van der Waals surface area contributed by atoms with Crippen molar-refractivity contribution in [1.29, 1.82) is 0 Å². The first-order valence-electron chi connectivity index (χ1n) is 5.91. The second kappa shape index (κ2) is 5.12. The molecule has 0 atom stereocenters. The van der Waals surface area contributed by atoms with Crippen molar-refractivity contribution >= 4 is 16.5 Å². The standard InChI is InChI=1S/C11H30N2Si2/c1-11(2,9-12-14(3,4)5)10-13-15(6,7)8/h12-13H,9-10H2,1-8H3. The van der Waals surface area contributed by atoms with E-state index in [2.05, 4.69) is 63.1 Å². The first-order chi connectivity index (χ1) is 6.41. The molecule has 0 aromatic rings. The largest absolute Gasteiger partial charge is 0.337 e. The zero-order valence-corrected chi connectivity index (χ0v) is 13.9. The van der Waals surface area contributed by atoms with Crippen LogP contribution in [-0.4, -0.2) is 29.6 Å². The highest BCUT2D eigenvalue weighted by atomic mass is 28.3. The number of hydrogen-bond acceptors (Lipinski definition) is 2. The topological polar surface area (TPSA) is 24.1 Å². The summed E-state index contributed by atoms with van der Waals surface area (Å²) in [7, 11) is -2.22. The van der Waals surface area contributed by atoms with Crippen LogP contribution in [0.15, 0.2) is 0 Å². The molecule has 0 aromatic carbocycles. The van der Waals surface area contributed by atoms with E-state index < -0.39 is 16.5 Å². The molecule has 92 valence electrons. The maximum atomic E-state index is 3.71. The molecule has 0 aliphatic rings. The molecule has 0 aromatic heterocycles. The average Bonchev–Trinajstić information content (AvgIpc) is 1.96. The summed E-state index contributed by atoms with van der Waals surface area (Å²) in [4.78, 5) is 7.43. The second-order valence-corrected chi connectivity index (χ2v) is 17.1. The molecule has 0 aliphatic carbocycles. The van der Waals surface area contributed by atoms with Gasteiger partial charge in [-0.25, -0.2) is 0 Å². The van der Waals surface area contributed by atoms with Crippen molar-refractivity contribution in [2.75, 3.05) is 13.1 Å². The number of nitrogens with one attached hydrogen (secondary N) is 2. The average molecular weight is 247 g/mol. The number of hydrogen-bond donors (Lipinski definition) is 2. The van der Waals surface area contributed by atoms with Crippen LogP contribution in [0.1, 0.15) is 13.8 Å². The Balaban J connectivity index is 3.98. The highest BCUT2D eigenvalue weighted by Crippen LogP contribution is 2.14. The van der Waals surface area contributed by atoms with Gasteiger partial charge < -0.3 is 9.96 Å². The summed E-state index contributed by atoms with van der Waals surface area (Å²) in [5.74, 6) is 0. The van der Waals surface area contributed by atoms with Gasteiger partial charge in [0.25, 0.3) is 0 Å². The third-order valence-electron chi connectivity index (χ3n) is 2.19. The minimum atomic E-state index is -1.11. The van der Waals surface area contributed by atoms with Gasteiger partial charge in [-0.2, -0.15) is 0 Å². The van der Waals surface area contributed by atoms with Crippen LogP contribution in [0.25, 0.3) is 0 Å². The quantitative estimate of drug-likeness (QED) is 0.704. The van der Waals surface area contributed by atoms with E-state index in [1.807, 2.05) is 0 Å². The van der Waals surface area contributed by atoms with E-state index >= 15 is 0 Å². The Kier molecular flexibility index (Phi) is 5.24. The molecular formula is C11H30N2Si2.